The van der Waals surface area contributed by atoms with Gasteiger partial charge in [0.25, 0.3) is 0 Å². The van der Waals surface area contributed by atoms with E-state index < -0.39 is 35.4 Å². The zero-order valence-corrected chi connectivity index (χ0v) is 8.92. The van der Waals surface area contributed by atoms with Gasteiger partial charge in [-0.15, -0.1) is 0 Å². The standard InChI is InChI=1S/C7H11BrO6/c1-13-7(12)5-3(10)2(9)4(11)6(8)14-5/h2-6,9-11H,1H3. The van der Waals surface area contributed by atoms with Crippen LogP contribution in [0.25, 0.3) is 0 Å². The highest BCUT2D eigenvalue weighted by Crippen LogP contribution is 2.25. The molecule has 6 nitrogen and oxygen atoms in total. The van der Waals surface area contributed by atoms with Crippen LogP contribution in [0.1, 0.15) is 0 Å². The van der Waals surface area contributed by atoms with Crippen LogP contribution in [0, 0.1) is 0 Å². The summed E-state index contributed by atoms with van der Waals surface area (Å²) >= 11 is 2.91. The zero-order chi connectivity index (χ0) is 10.9. The molecule has 0 radical (unpaired) electrons. The van der Waals surface area contributed by atoms with Gasteiger partial charge in [-0.2, -0.15) is 0 Å². The molecule has 0 aromatic rings. The number of methoxy groups -OCH3 is 1. The van der Waals surface area contributed by atoms with Crippen molar-refractivity contribution in [1.29, 1.82) is 0 Å². The SMILES string of the molecule is COC(=O)C1OC(Br)C(O)C(O)C1O. The highest BCUT2D eigenvalue weighted by Gasteiger charge is 2.46. The van der Waals surface area contributed by atoms with Crippen LogP contribution in [-0.4, -0.2) is 57.8 Å². The number of rotatable bonds is 1. The lowest BCUT2D eigenvalue weighted by atomic mass is 10.0. The van der Waals surface area contributed by atoms with Gasteiger partial charge in [0.1, 0.15) is 23.3 Å². The molecule has 1 rings (SSSR count). The molecule has 0 spiro atoms. The topological polar surface area (TPSA) is 96.2 Å². The molecule has 1 saturated heterocycles. The van der Waals surface area contributed by atoms with Crippen molar-refractivity contribution < 1.29 is 29.6 Å². The number of esters is 1. The van der Waals surface area contributed by atoms with Gasteiger partial charge in [-0.1, -0.05) is 15.9 Å². The summed E-state index contributed by atoms with van der Waals surface area (Å²) in [5, 5.41) is 27.0. The second-order valence-electron chi connectivity index (χ2n) is 2.90. The first-order valence-corrected chi connectivity index (χ1v) is 4.82. The number of carbonyl (C=O) groups excluding carboxylic acids is 1. The van der Waals surface area contributed by atoms with Crippen molar-refractivity contribution in [2.45, 2.75) is 29.4 Å². The predicted molar refractivity (Wildman–Crippen MR) is 47.6 cm³/mol. The second kappa shape index (κ2) is 4.54. The summed E-state index contributed by atoms with van der Waals surface area (Å²) in [4.78, 5) is 11.1. The molecule has 0 saturated carbocycles. The van der Waals surface area contributed by atoms with Crippen LogP contribution in [0.5, 0.6) is 0 Å². The van der Waals surface area contributed by atoms with Gasteiger partial charge in [0.2, 0.25) is 0 Å². The molecule has 0 aliphatic carbocycles. The number of alkyl halides is 1. The third-order valence-electron chi connectivity index (χ3n) is 1.99. The summed E-state index contributed by atoms with van der Waals surface area (Å²) in [6.45, 7) is 0. The molecule has 0 aromatic carbocycles. The Morgan fingerprint density at radius 3 is 2.36 bits per heavy atom. The lowest BCUT2D eigenvalue weighted by Gasteiger charge is -2.36. The Kier molecular flexibility index (Phi) is 3.85. The molecule has 1 heterocycles. The van der Waals surface area contributed by atoms with E-state index in [1.54, 1.807) is 0 Å². The minimum atomic E-state index is -1.49. The molecule has 7 heteroatoms. The summed E-state index contributed by atoms with van der Waals surface area (Å²) in [6.07, 6.45) is -5.52. The Morgan fingerprint density at radius 1 is 1.29 bits per heavy atom. The van der Waals surface area contributed by atoms with Crippen molar-refractivity contribution in [2.24, 2.45) is 0 Å². The molecular weight excluding hydrogens is 260 g/mol. The predicted octanol–water partition coefficient (Wildman–Crippen LogP) is -1.64. The van der Waals surface area contributed by atoms with Crippen LogP contribution in [0.2, 0.25) is 0 Å². The van der Waals surface area contributed by atoms with E-state index in [1.807, 2.05) is 0 Å². The Bertz CT molecular complexity index is 222. The minimum Gasteiger partial charge on any atom is -0.467 e. The van der Waals surface area contributed by atoms with Gasteiger partial charge in [-0.25, -0.2) is 4.79 Å². The third kappa shape index (κ3) is 2.06. The van der Waals surface area contributed by atoms with Crippen molar-refractivity contribution in [2.75, 3.05) is 7.11 Å². The fraction of sp³-hybridized carbons (Fsp3) is 0.857. The van der Waals surface area contributed by atoms with Gasteiger partial charge < -0.3 is 24.8 Å². The smallest absolute Gasteiger partial charge is 0.337 e. The molecule has 1 aliphatic heterocycles. The van der Waals surface area contributed by atoms with Gasteiger partial charge in [-0.05, 0) is 0 Å². The van der Waals surface area contributed by atoms with Crippen LogP contribution < -0.4 is 0 Å². The Balaban J connectivity index is 2.75. The quantitative estimate of drug-likeness (QED) is 0.391. The highest BCUT2D eigenvalue weighted by atomic mass is 79.9. The number of carbonyl (C=O) groups is 1. The molecule has 14 heavy (non-hydrogen) atoms. The first-order valence-electron chi connectivity index (χ1n) is 3.90. The monoisotopic (exact) mass is 270 g/mol. The van der Waals surface area contributed by atoms with Crippen molar-refractivity contribution in [1.82, 2.24) is 0 Å². The van der Waals surface area contributed by atoms with E-state index in [2.05, 4.69) is 20.7 Å². The lowest BCUT2D eigenvalue weighted by Crippen LogP contribution is -2.58. The molecule has 3 N–H and O–H groups in total. The number of hydrogen-bond acceptors (Lipinski definition) is 6. The van der Waals surface area contributed by atoms with Gasteiger partial charge in [0.15, 0.2) is 6.10 Å². The second-order valence-corrected chi connectivity index (χ2v) is 3.81. The van der Waals surface area contributed by atoms with Crippen LogP contribution in [0.4, 0.5) is 0 Å². The van der Waals surface area contributed by atoms with Crippen LogP contribution in [-0.2, 0) is 14.3 Å². The zero-order valence-electron chi connectivity index (χ0n) is 7.33. The number of aliphatic hydroxyl groups is 3. The molecule has 5 atom stereocenters. The summed E-state index contributed by atoms with van der Waals surface area (Å²) in [6, 6.07) is 0. The summed E-state index contributed by atoms with van der Waals surface area (Å²) in [5.41, 5.74) is 0. The Labute approximate surface area is 88.6 Å². The van der Waals surface area contributed by atoms with Gasteiger partial charge in [0.05, 0.1) is 7.11 Å². The fourth-order valence-corrected chi connectivity index (χ4v) is 1.69. The van der Waals surface area contributed by atoms with E-state index in [4.69, 9.17) is 4.74 Å². The highest BCUT2D eigenvalue weighted by molar-refractivity contribution is 9.09. The Hall–Kier alpha value is -0.210. The van der Waals surface area contributed by atoms with E-state index in [0.717, 1.165) is 7.11 Å². The number of hydrogen-bond donors (Lipinski definition) is 3. The number of halogens is 1. The molecular formula is C7H11BrO6. The summed E-state index contributed by atoms with van der Waals surface area (Å²) < 4.78 is 9.27. The molecule has 82 valence electrons. The van der Waals surface area contributed by atoms with E-state index in [0.29, 0.717) is 0 Å². The summed E-state index contributed by atoms with van der Waals surface area (Å²) in [5.74, 6) is -0.798. The van der Waals surface area contributed by atoms with Crippen molar-refractivity contribution >= 4 is 21.9 Å². The van der Waals surface area contributed by atoms with E-state index in [1.165, 1.54) is 0 Å². The third-order valence-corrected chi connectivity index (χ3v) is 2.75. The maximum atomic E-state index is 11.1. The van der Waals surface area contributed by atoms with Crippen molar-refractivity contribution in [3.05, 3.63) is 0 Å². The van der Waals surface area contributed by atoms with Crippen molar-refractivity contribution in [3.8, 4) is 0 Å². The lowest BCUT2D eigenvalue weighted by molar-refractivity contribution is -0.209. The molecule has 0 aromatic heterocycles. The number of ether oxygens (including phenoxy) is 2. The van der Waals surface area contributed by atoms with Crippen LogP contribution in [0.3, 0.4) is 0 Å². The Morgan fingerprint density at radius 2 is 1.86 bits per heavy atom. The molecule has 0 amide bonds. The van der Waals surface area contributed by atoms with E-state index in [9.17, 15) is 20.1 Å². The van der Waals surface area contributed by atoms with E-state index >= 15 is 0 Å². The maximum Gasteiger partial charge on any atom is 0.337 e. The van der Waals surface area contributed by atoms with Gasteiger partial charge >= 0.3 is 5.97 Å². The molecule has 1 fully saturated rings. The average molecular weight is 271 g/mol. The van der Waals surface area contributed by atoms with Crippen LogP contribution in [0.15, 0.2) is 0 Å². The average Bonchev–Trinajstić information content (AvgIpc) is 2.19. The van der Waals surface area contributed by atoms with Gasteiger partial charge in [-0.3, -0.25) is 0 Å². The number of aliphatic hydroxyl groups excluding tert-OH is 3. The normalized spacial score (nSPS) is 43.4. The fourth-order valence-electron chi connectivity index (χ4n) is 1.15. The van der Waals surface area contributed by atoms with Gasteiger partial charge in [0, 0.05) is 0 Å². The summed E-state index contributed by atoms with van der Waals surface area (Å²) in [7, 11) is 1.14. The van der Waals surface area contributed by atoms with Crippen LogP contribution >= 0.6 is 15.9 Å². The molecule has 5 unspecified atom stereocenters. The van der Waals surface area contributed by atoms with Crippen molar-refractivity contribution in [3.63, 3.8) is 0 Å². The molecule has 1 aliphatic rings. The first kappa shape index (κ1) is 11.9. The first-order chi connectivity index (χ1) is 6.49. The van der Waals surface area contributed by atoms with E-state index in [-0.39, 0.29) is 0 Å². The largest absolute Gasteiger partial charge is 0.467 e. The maximum absolute atomic E-state index is 11.1. The minimum absolute atomic E-state index is 0.798. The molecule has 0 bridgehead atoms.